The number of nitrogens with two attached hydrogens (primary N) is 2. The normalized spacial score (nSPS) is 26.2. The Hall–Kier alpha value is -2.85. The summed E-state index contributed by atoms with van der Waals surface area (Å²) in [6.07, 6.45) is 7.41. The summed E-state index contributed by atoms with van der Waals surface area (Å²) in [6.45, 7) is 6.00. The van der Waals surface area contributed by atoms with Gasteiger partial charge in [-0.3, -0.25) is 0 Å². The Morgan fingerprint density at radius 1 is 1.16 bits per heavy atom. The van der Waals surface area contributed by atoms with Gasteiger partial charge in [0.15, 0.2) is 0 Å². The van der Waals surface area contributed by atoms with E-state index in [0.717, 1.165) is 79.9 Å². The lowest BCUT2D eigenvalue weighted by Gasteiger charge is -2.37. The van der Waals surface area contributed by atoms with Crippen LogP contribution < -0.4 is 21.1 Å². The van der Waals surface area contributed by atoms with Crippen molar-refractivity contribution in [3.8, 4) is 23.1 Å². The highest BCUT2D eigenvalue weighted by Crippen LogP contribution is 2.50. The summed E-state index contributed by atoms with van der Waals surface area (Å²) in [5.41, 5.74) is 17.6. The second kappa shape index (κ2) is 7.93. The van der Waals surface area contributed by atoms with Gasteiger partial charge in [0.25, 0.3) is 0 Å². The molecule has 1 aromatic carbocycles. The van der Waals surface area contributed by atoms with Crippen LogP contribution in [-0.2, 0) is 11.8 Å². The van der Waals surface area contributed by atoms with Gasteiger partial charge in [-0.05, 0) is 61.6 Å². The van der Waals surface area contributed by atoms with Crippen LogP contribution in [0.1, 0.15) is 57.1 Å². The first-order valence-corrected chi connectivity index (χ1v) is 11.7. The van der Waals surface area contributed by atoms with Crippen LogP contribution in [0.25, 0.3) is 11.3 Å². The van der Waals surface area contributed by atoms with Gasteiger partial charge in [0.05, 0.1) is 29.5 Å². The molecule has 5 rings (SSSR count). The molecule has 3 aliphatic rings. The summed E-state index contributed by atoms with van der Waals surface area (Å²) in [4.78, 5) is 11.3. The fourth-order valence-corrected chi connectivity index (χ4v) is 5.71. The van der Waals surface area contributed by atoms with Crippen LogP contribution in [0.5, 0.6) is 5.75 Å². The number of ether oxygens (including phenoxy) is 1. The fourth-order valence-electron chi connectivity index (χ4n) is 5.71. The molecular weight excluding hydrogens is 400 g/mol. The highest BCUT2D eigenvalue weighted by molar-refractivity contribution is 5.83. The summed E-state index contributed by atoms with van der Waals surface area (Å²) in [5, 5.41) is 9.52. The number of hydrogen-bond acceptors (Lipinski definition) is 7. The van der Waals surface area contributed by atoms with Gasteiger partial charge >= 0.3 is 0 Å². The fraction of sp³-hybridized carbons (Fsp3) is 0.560. The van der Waals surface area contributed by atoms with Crippen molar-refractivity contribution in [3.05, 3.63) is 29.6 Å². The third-order valence-corrected chi connectivity index (χ3v) is 7.37. The molecule has 1 saturated carbocycles. The predicted molar refractivity (Wildman–Crippen MR) is 125 cm³/mol. The molecule has 0 spiro atoms. The van der Waals surface area contributed by atoms with Gasteiger partial charge in [-0.1, -0.05) is 13.8 Å². The molecule has 2 fully saturated rings. The Labute approximate surface area is 189 Å². The van der Waals surface area contributed by atoms with Crippen LogP contribution >= 0.6 is 0 Å². The molecule has 7 heteroatoms. The van der Waals surface area contributed by atoms with E-state index in [9.17, 15) is 5.26 Å². The molecule has 168 valence electrons. The van der Waals surface area contributed by atoms with E-state index in [1.807, 2.05) is 0 Å². The first kappa shape index (κ1) is 21.0. The van der Waals surface area contributed by atoms with E-state index in [2.05, 4.69) is 46.9 Å². The van der Waals surface area contributed by atoms with Crippen LogP contribution in [-0.4, -0.2) is 35.2 Å². The number of hydrogen-bond donors (Lipinski definition) is 2. The number of fused-ring (bicyclic) bond motifs is 3. The highest BCUT2D eigenvalue weighted by Gasteiger charge is 2.38. The van der Waals surface area contributed by atoms with Crippen molar-refractivity contribution in [1.82, 2.24) is 9.97 Å². The Kier molecular flexibility index (Phi) is 5.21. The monoisotopic (exact) mass is 432 g/mol. The summed E-state index contributed by atoms with van der Waals surface area (Å²) in [7, 11) is 0. The summed E-state index contributed by atoms with van der Waals surface area (Å²) < 4.78 is 6.62. The van der Waals surface area contributed by atoms with Crippen molar-refractivity contribution in [1.29, 1.82) is 5.26 Å². The van der Waals surface area contributed by atoms with Crippen molar-refractivity contribution in [2.45, 2.75) is 69.9 Å². The Balaban J connectivity index is 1.62. The van der Waals surface area contributed by atoms with Crippen LogP contribution in [0.3, 0.4) is 0 Å². The maximum absolute atomic E-state index is 9.52. The summed E-state index contributed by atoms with van der Waals surface area (Å²) >= 11 is 0. The molecule has 2 aliphatic carbocycles. The molecule has 1 aromatic heterocycles. The lowest BCUT2D eigenvalue weighted by atomic mass is 9.71. The van der Waals surface area contributed by atoms with E-state index < -0.39 is 0 Å². The summed E-state index contributed by atoms with van der Waals surface area (Å²) in [6, 6.07) is 6.95. The van der Waals surface area contributed by atoms with Crippen LogP contribution in [0, 0.1) is 17.2 Å². The zero-order chi connectivity index (χ0) is 22.5. The van der Waals surface area contributed by atoms with Crippen molar-refractivity contribution in [2.75, 3.05) is 23.7 Å². The molecule has 2 heterocycles. The lowest BCUT2D eigenvalue weighted by molar-refractivity contribution is 0.147. The number of nitriles is 1. The molecule has 32 heavy (non-hydrogen) atoms. The molecule has 1 saturated heterocycles. The second-order valence-corrected chi connectivity index (χ2v) is 10.2. The van der Waals surface area contributed by atoms with Gasteiger partial charge < -0.3 is 21.1 Å². The van der Waals surface area contributed by atoms with Crippen LogP contribution in [0.4, 0.5) is 11.5 Å². The Morgan fingerprint density at radius 3 is 2.66 bits per heavy atom. The van der Waals surface area contributed by atoms with Crippen molar-refractivity contribution < 1.29 is 4.74 Å². The minimum absolute atomic E-state index is 0.0493. The molecule has 1 atom stereocenters. The van der Waals surface area contributed by atoms with E-state index in [1.165, 1.54) is 5.56 Å². The zero-order valence-electron chi connectivity index (χ0n) is 19.0. The predicted octanol–water partition coefficient (Wildman–Crippen LogP) is 3.56. The topological polar surface area (TPSA) is 114 Å². The molecule has 4 N–H and O–H groups in total. The highest BCUT2D eigenvalue weighted by atomic mass is 16.5. The molecule has 0 amide bonds. The molecular formula is C25H32N6O. The average molecular weight is 433 g/mol. The number of nitrogen functional groups attached to an aromatic ring is 1. The Bertz CT molecular complexity index is 1070. The largest absolute Gasteiger partial charge is 0.488 e. The average Bonchev–Trinajstić information content (AvgIpc) is 3.23. The van der Waals surface area contributed by atoms with Gasteiger partial charge in [-0.15, -0.1) is 0 Å². The molecule has 1 unspecified atom stereocenters. The minimum atomic E-state index is -0.201. The lowest BCUT2D eigenvalue weighted by Crippen LogP contribution is -2.33. The van der Waals surface area contributed by atoms with Gasteiger partial charge in [0, 0.05) is 30.3 Å². The number of benzene rings is 1. The van der Waals surface area contributed by atoms with Crippen molar-refractivity contribution in [2.24, 2.45) is 11.7 Å². The van der Waals surface area contributed by atoms with Crippen LogP contribution in [0.2, 0.25) is 0 Å². The number of rotatable bonds is 3. The number of nitrogens with zero attached hydrogens (tertiary/aromatic N) is 4. The van der Waals surface area contributed by atoms with Gasteiger partial charge in [0.1, 0.15) is 17.9 Å². The first-order valence-electron chi connectivity index (χ1n) is 11.7. The van der Waals surface area contributed by atoms with Gasteiger partial charge in [0.2, 0.25) is 0 Å². The van der Waals surface area contributed by atoms with E-state index in [-0.39, 0.29) is 23.5 Å². The molecule has 0 bridgehead atoms. The molecule has 0 radical (unpaired) electrons. The van der Waals surface area contributed by atoms with Crippen molar-refractivity contribution in [3.63, 3.8) is 0 Å². The van der Waals surface area contributed by atoms with E-state index >= 15 is 0 Å². The molecule has 7 nitrogen and oxygen atoms in total. The van der Waals surface area contributed by atoms with Crippen molar-refractivity contribution >= 4 is 11.5 Å². The number of aromatic nitrogens is 2. The standard InChI is InChI=1S/C25H32N6O/c1-25(2)11-19-18(22-21(25)24(28)30-14-29-22)7-8-20(32-17-5-3-16(27)4-6-17)23(19)31-10-9-15(12-26)13-31/h7-8,14-17H,3-6,9-11,13,27H2,1-2H3,(H2,28,29,30). The number of anilines is 2. The molecule has 1 aliphatic heterocycles. The quantitative estimate of drug-likeness (QED) is 0.762. The smallest absolute Gasteiger partial charge is 0.143 e. The van der Waals surface area contributed by atoms with E-state index in [1.54, 1.807) is 6.33 Å². The van der Waals surface area contributed by atoms with Gasteiger partial charge in [-0.25, -0.2) is 9.97 Å². The first-order chi connectivity index (χ1) is 15.4. The van der Waals surface area contributed by atoms with E-state index in [0.29, 0.717) is 5.82 Å². The summed E-state index contributed by atoms with van der Waals surface area (Å²) in [5.74, 6) is 1.52. The maximum Gasteiger partial charge on any atom is 0.143 e. The maximum atomic E-state index is 9.52. The van der Waals surface area contributed by atoms with Crippen LogP contribution in [0.15, 0.2) is 18.5 Å². The third kappa shape index (κ3) is 3.57. The van der Waals surface area contributed by atoms with E-state index in [4.69, 9.17) is 16.2 Å². The third-order valence-electron chi connectivity index (χ3n) is 7.37. The molecule has 2 aromatic rings. The zero-order valence-corrected chi connectivity index (χ0v) is 19.0. The van der Waals surface area contributed by atoms with Gasteiger partial charge in [-0.2, -0.15) is 5.26 Å². The second-order valence-electron chi connectivity index (χ2n) is 10.2. The Morgan fingerprint density at radius 2 is 1.94 bits per heavy atom. The minimum Gasteiger partial charge on any atom is -0.488 e. The SMILES string of the molecule is CC1(C)Cc2c(ccc(OC3CCC(N)CC3)c2N2CCC(C#N)C2)-c2ncnc(N)c21.